The Kier molecular flexibility index (Phi) is 4.70. The van der Waals surface area contributed by atoms with Crippen LogP contribution in [0.15, 0.2) is 47.7 Å². The molecule has 1 amide bonds. The highest BCUT2D eigenvalue weighted by molar-refractivity contribution is 6.30. The van der Waals surface area contributed by atoms with Crippen molar-refractivity contribution in [2.75, 3.05) is 31.1 Å². The first-order valence-electron chi connectivity index (χ1n) is 9.80. The second-order valence-corrected chi connectivity index (χ2v) is 7.72. The van der Waals surface area contributed by atoms with Crippen LogP contribution in [0.25, 0.3) is 11.5 Å². The predicted molar refractivity (Wildman–Crippen MR) is 115 cm³/mol. The lowest BCUT2D eigenvalue weighted by Gasteiger charge is -2.35. The summed E-state index contributed by atoms with van der Waals surface area (Å²) in [4.78, 5) is 36.3. The van der Waals surface area contributed by atoms with Gasteiger partial charge in [-0.3, -0.25) is 14.6 Å². The fourth-order valence-electron chi connectivity index (χ4n) is 3.72. The number of hydrogen-bond acceptors (Lipinski definition) is 6. The zero-order chi connectivity index (χ0) is 21.5. The molecule has 11 heteroatoms. The van der Waals surface area contributed by atoms with Crippen molar-refractivity contribution in [1.82, 2.24) is 34.3 Å². The van der Waals surface area contributed by atoms with Gasteiger partial charge in [-0.15, -0.1) is 5.10 Å². The number of hydrogen-bond donors (Lipinski definition) is 1. The number of amides is 1. The molecule has 0 spiro atoms. The van der Waals surface area contributed by atoms with Crippen molar-refractivity contribution < 1.29 is 4.79 Å². The van der Waals surface area contributed by atoms with Crippen molar-refractivity contribution >= 4 is 28.8 Å². The van der Waals surface area contributed by atoms with Crippen LogP contribution in [0.2, 0.25) is 5.02 Å². The van der Waals surface area contributed by atoms with E-state index in [1.807, 2.05) is 12.1 Å². The van der Waals surface area contributed by atoms with Crippen LogP contribution >= 0.6 is 11.6 Å². The Bertz CT molecular complexity index is 1320. The molecule has 1 aliphatic rings. The third-order valence-corrected chi connectivity index (χ3v) is 5.66. The number of carbonyl (C=O) groups is 1. The number of pyridine rings is 1. The minimum atomic E-state index is -0.273. The van der Waals surface area contributed by atoms with Gasteiger partial charge in [0.25, 0.3) is 11.5 Å². The van der Waals surface area contributed by atoms with E-state index >= 15 is 0 Å². The van der Waals surface area contributed by atoms with Gasteiger partial charge in [-0.1, -0.05) is 11.6 Å². The average Bonchev–Trinajstić information content (AvgIpc) is 3.41. The molecule has 1 aliphatic heterocycles. The van der Waals surface area contributed by atoms with Crippen molar-refractivity contribution in [3.8, 4) is 5.95 Å². The lowest BCUT2D eigenvalue weighted by Crippen LogP contribution is -2.49. The van der Waals surface area contributed by atoms with Gasteiger partial charge in [0.2, 0.25) is 5.95 Å². The molecule has 0 radical (unpaired) electrons. The quantitative estimate of drug-likeness (QED) is 0.520. The molecule has 31 heavy (non-hydrogen) atoms. The molecule has 0 saturated carbocycles. The molecule has 1 fully saturated rings. The van der Waals surface area contributed by atoms with Crippen LogP contribution in [0.3, 0.4) is 0 Å². The van der Waals surface area contributed by atoms with Crippen LogP contribution < -0.4 is 10.5 Å². The molecule has 5 heterocycles. The molecular formula is C20H19ClN8O2. The number of nitrogens with one attached hydrogen (secondary N) is 1. The summed E-state index contributed by atoms with van der Waals surface area (Å²) in [7, 11) is 0. The Morgan fingerprint density at radius 3 is 2.68 bits per heavy atom. The minimum absolute atomic E-state index is 0.100. The number of fused-ring (bicyclic) bond motifs is 1. The minimum Gasteiger partial charge on any atom is -0.353 e. The van der Waals surface area contributed by atoms with Crippen LogP contribution in [0.4, 0.5) is 5.82 Å². The van der Waals surface area contributed by atoms with Gasteiger partial charge < -0.3 is 9.80 Å². The van der Waals surface area contributed by atoms with Crippen molar-refractivity contribution in [1.29, 1.82) is 0 Å². The summed E-state index contributed by atoms with van der Waals surface area (Å²) in [5.41, 5.74) is 1.26. The zero-order valence-electron chi connectivity index (χ0n) is 16.7. The molecule has 1 N–H and O–H groups in total. The maximum absolute atomic E-state index is 13.1. The second-order valence-electron chi connectivity index (χ2n) is 7.29. The van der Waals surface area contributed by atoms with E-state index in [2.05, 4.69) is 25.1 Å². The Balaban J connectivity index is 1.34. The number of aromatic amines is 1. The number of carbonyl (C=O) groups excluding carboxylic acids is 1. The highest BCUT2D eigenvalue weighted by atomic mass is 35.5. The van der Waals surface area contributed by atoms with Gasteiger partial charge in [0.1, 0.15) is 11.3 Å². The largest absolute Gasteiger partial charge is 0.353 e. The molecular weight excluding hydrogens is 420 g/mol. The number of piperazine rings is 1. The van der Waals surface area contributed by atoms with Crippen molar-refractivity contribution in [2.24, 2.45) is 0 Å². The number of anilines is 1. The first-order valence-corrected chi connectivity index (χ1v) is 10.2. The molecule has 0 bridgehead atoms. The molecule has 0 atom stereocenters. The van der Waals surface area contributed by atoms with Crippen LogP contribution in [0.5, 0.6) is 0 Å². The molecule has 158 valence electrons. The maximum atomic E-state index is 13.1. The first kappa shape index (κ1) is 19.3. The van der Waals surface area contributed by atoms with Crippen LogP contribution in [0, 0.1) is 6.92 Å². The number of H-pyrrole nitrogens is 1. The molecule has 4 aromatic heterocycles. The van der Waals surface area contributed by atoms with Gasteiger partial charge in [0.05, 0.1) is 22.5 Å². The van der Waals surface area contributed by atoms with E-state index in [-0.39, 0.29) is 17.4 Å². The number of rotatable bonds is 3. The molecule has 10 nitrogen and oxygen atoms in total. The van der Waals surface area contributed by atoms with Crippen LogP contribution in [0.1, 0.15) is 16.1 Å². The highest BCUT2D eigenvalue weighted by Crippen LogP contribution is 2.19. The van der Waals surface area contributed by atoms with E-state index in [1.54, 1.807) is 36.4 Å². The molecule has 0 aromatic carbocycles. The topological polar surface area (TPSA) is 104 Å². The van der Waals surface area contributed by atoms with Gasteiger partial charge in [0.15, 0.2) is 0 Å². The highest BCUT2D eigenvalue weighted by Gasteiger charge is 2.26. The Hall–Kier alpha value is -3.66. The molecule has 0 unspecified atom stereocenters. The normalized spacial score (nSPS) is 14.4. The van der Waals surface area contributed by atoms with Gasteiger partial charge in [0, 0.05) is 38.6 Å². The van der Waals surface area contributed by atoms with Gasteiger partial charge in [-0.05, 0) is 31.2 Å². The van der Waals surface area contributed by atoms with Crippen molar-refractivity contribution in [2.45, 2.75) is 6.92 Å². The van der Waals surface area contributed by atoms with Gasteiger partial charge in [-0.25, -0.2) is 14.2 Å². The molecule has 5 rings (SSSR count). The second kappa shape index (κ2) is 7.55. The Morgan fingerprint density at radius 1 is 1.13 bits per heavy atom. The van der Waals surface area contributed by atoms with Crippen molar-refractivity contribution in [3.05, 3.63) is 69.5 Å². The lowest BCUT2D eigenvalue weighted by molar-refractivity contribution is 0.0745. The average molecular weight is 439 g/mol. The summed E-state index contributed by atoms with van der Waals surface area (Å²) in [6.45, 7) is 4.27. The lowest BCUT2D eigenvalue weighted by atomic mass is 10.2. The van der Waals surface area contributed by atoms with Crippen LogP contribution in [-0.4, -0.2) is 66.3 Å². The summed E-state index contributed by atoms with van der Waals surface area (Å²) in [5.74, 6) is 0.997. The van der Waals surface area contributed by atoms with E-state index in [0.717, 1.165) is 5.82 Å². The fourth-order valence-corrected chi connectivity index (χ4v) is 3.84. The summed E-state index contributed by atoms with van der Waals surface area (Å²) in [6.07, 6.45) is 4.83. The summed E-state index contributed by atoms with van der Waals surface area (Å²) in [6, 6.07) is 7.11. The van der Waals surface area contributed by atoms with E-state index in [1.165, 1.54) is 15.4 Å². The fraction of sp³-hybridized carbons (Fsp3) is 0.250. The first-order chi connectivity index (χ1) is 15.0. The summed E-state index contributed by atoms with van der Waals surface area (Å²) < 4.78 is 2.96. The number of halogens is 1. The standard InChI is InChI=1S/C20H19ClN8O2/c1-13-15(12-23-29(13)20-24-18(30)16-3-2-6-28(16)25-20)19(31)27-9-7-26(8-10-27)17-5-4-14(21)11-22-17/h2-6,11-12H,7-10H2,1H3,(H,24,25,30). The van der Waals surface area contributed by atoms with Crippen molar-refractivity contribution in [3.63, 3.8) is 0 Å². The van der Waals surface area contributed by atoms with E-state index in [0.29, 0.717) is 48.0 Å². The zero-order valence-corrected chi connectivity index (χ0v) is 17.5. The number of aromatic nitrogens is 6. The van der Waals surface area contributed by atoms with E-state index in [9.17, 15) is 9.59 Å². The molecule has 0 aliphatic carbocycles. The third kappa shape index (κ3) is 3.44. The smallest absolute Gasteiger partial charge is 0.276 e. The van der Waals surface area contributed by atoms with Crippen LogP contribution in [-0.2, 0) is 0 Å². The molecule has 4 aromatic rings. The summed E-state index contributed by atoms with van der Waals surface area (Å²) >= 11 is 5.91. The van der Waals surface area contributed by atoms with Gasteiger partial charge in [-0.2, -0.15) is 5.10 Å². The number of nitrogens with zero attached hydrogens (tertiary/aromatic N) is 7. The third-order valence-electron chi connectivity index (χ3n) is 5.43. The maximum Gasteiger partial charge on any atom is 0.276 e. The molecule has 1 saturated heterocycles. The van der Waals surface area contributed by atoms with Gasteiger partial charge >= 0.3 is 0 Å². The summed E-state index contributed by atoms with van der Waals surface area (Å²) in [5, 5.41) is 9.27. The van der Waals surface area contributed by atoms with E-state index in [4.69, 9.17) is 11.6 Å². The SMILES string of the molecule is Cc1c(C(=O)N2CCN(c3ccc(Cl)cn3)CC2)cnn1-c1nn2cccc2c(=O)[nH]1. The Labute approximate surface area is 181 Å². The van der Waals surface area contributed by atoms with E-state index < -0.39 is 0 Å². The monoisotopic (exact) mass is 438 g/mol. The predicted octanol–water partition coefficient (Wildman–Crippen LogP) is 1.53. The Morgan fingerprint density at radius 2 is 1.94 bits per heavy atom.